The molecule has 0 saturated heterocycles. The van der Waals surface area contributed by atoms with E-state index in [0.29, 0.717) is 6.07 Å². The van der Waals surface area contributed by atoms with E-state index in [1.54, 1.807) is 0 Å². The van der Waals surface area contributed by atoms with Gasteiger partial charge in [-0.15, -0.1) is 0 Å². The Morgan fingerprint density at radius 2 is 1.72 bits per heavy atom. The van der Waals surface area contributed by atoms with Crippen LogP contribution in [0.15, 0.2) is 67.4 Å². The molecule has 0 radical (unpaired) electrons. The molecule has 0 fully saturated rings. The molecule has 0 spiro atoms. The van der Waals surface area contributed by atoms with Gasteiger partial charge in [0.05, 0.1) is 22.6 Å². The lowest BCUT2D eigenvalue weighted by Gasteiger charge is -2.15. The largest absolute Gasteiger partial charge is 0.477 e. The van der Waals surface area contributed by atoms with E-state index >= 15 is 0 Å². The number of ether oxygens (including phenoxy) is 1. The fourth-order valence-corrected chi connectivity index (χ4v) is 3.01. The number of aromatic carboxylic acids is 1. The average Bonchev–Trinajstić information content (AvgIpc) is 3.35. The number of carbonyl (C=O) groups excluding carboxylic acids is 1. The van der Waals surface area contributed by atoms with E-state index in [1.807, 2.05) is 0 Å². The summed E-state index contributed by atoms with van der Waals surface area (Å²) in [7, 11) is 0. The van der Waals surface area contributed by atoms with E-state index in [0.717, 1.165) is 41.3 Å². The number of urea groups is 1. The van der Waals surface area contributed by atoms with Crippen LogP contribution in [0.5, 0.6) is 11.5 Å². The number of hydrogen-bond acceptors (Lipinski definition) is 6. The van der Waals surface area contributed by atoms with Gasteiger partial charge in [0, 0.05) is 18.3 Å². The minimum atomic E-state index is -4.67. The molecule has 10 nitrogen and oxygen atoms in total. The van der Waals surface area contributed by atoms with Crippen molar-refractivity contribution in [2.24, 2.45) is 0 Å². The van der Waals surface area contributed by atoms with Crippen LogP contribution in [-0.2, 0) is 6.18 Å². The zero-order valence-electron chi connectivity index (χ0n) is 17.8. The van der Waals surface area contributed by atoms with Gasteiger partial charge in [0.25, 0.3) is 0 Å². The molecule has 2 aromatic heterocycles. The Morgan fingerprint density at radius 3 is 2.39 bits per heavy atom. The van der Waals surface area contributed by atoms with Crippen molar-refractivity contribution < 1.29 is 37.0 Å². The molecule has 2 heterocycles. The number of pyridine rings is 1. The predicted molar refractivity (Wildman–Crippen MR) is 117 cm³/mol. The number of amides is 2. The van der Waals surface area contributed by atoms with E-state index in [-0.39, 0.29) is 34.3 Å². The maximum Gasteiger partial charge on any atom is 0.416 e. The molecule has 4 rings (SSSR count). The summed E-state index contributed by atoms with van der Waals surface area (Å²) >= 11 is 0. The van der Waals surface area contributed by atoms with Gasteiger partial charge in [0.2, 0.25) is 0 Å². The van der Waals surface area contributed by atoms with Gasteiger partial charge in [-0.25, -0.2) is 28.6 Å². The number of hydrogen-bond donors (Lipinski definition) is 3. The van der Waals surface area contributed by atoms with Crippen molar-refractivity contribution in [2.45, 2.75) is 6.18 Å². The minimum absolute atomic E-state index is 0.00709. The Morgan fingerprint density at radius 1 is 0.972 bits per heavy atom. The number of aromatic nitrogens is 4. The van der Waals surface area contributed by atoms with Crippen LogP contribution < -0.4 is 15.4 Å². The fourth-order valence-electron chi connectivity index (χ4n) is 3.01. The lowest BCUT2D eigenvalue weighted by molar-refractivity contribution is -0.137. The maximum absolute atomic E-state index is 14.6. The van der Waals surface area contributed by atoms with Crippen molar-refractivity contribution in [3.63, 3.8) is 0 Å². The van der Waals surface area contributed by atoms with E-state index in [4.69, 9.17) is 9.84 Å². The van der Waals surface area contributed by atoms with Gasteiger partial charge in [-0.2, -0.15) is 18.3 Å². The summed E-state index contributed by atoms with van der Waals surface area (Å²) in [6.45, 7) is 0. The van der Waals surface area contributed by atoms with Gasteiger partial charge in [-0.3, -0.25) is 0 Å². The van der Waals surface area contributed by atoms with Gasteiger partial charge < -0.3 is 20.5 Å². The van der Waals surface area contributed by atoms with Crippen LogP contribution in [0.1, 0.15) is 16.1 Å². The maximum atomic E-state index is 14.6. The summed E-state index contributed by atoms with van der Waals surface area (Å²) in [4.78, 5) is 30.9. The van der Waals surface area contributed by atoms with Crippen LogP contribution in [0.25, 0.3) is 5.69 Å². The molecule has 3 N–H and O–H groups in total. The lowest BCUT2D eigenvalue weighted by Crippen LogP contribution is -2.21. The first-order chi connectivity index (χ1) is 17.1. The van der Waals surface area contributed by atoms with Crippen LogP contribution in [0, 0.1) is 5.82 Å². The summed E-state index contributed by atoms with van der Waals surface area (Å²) in [5, 5.41) is 17.3. The molecule has 0 aliphatic rings. The second kappa shape index (κ2) is 9.69. The second-order valence-corrected chi connectivity index (χ2v) is 7.07. The molecular weight excluding hydrogens is 488 g/mol. The van der Waals surface area contributed by atoms with Crippen molar-refractivity contribution in [1.29, 1.82) is 0 Å². The van der Waals surface area contributed by atoms with Gasteiger partial charge >= 0.3 is 18.2 Å². The molecule has 184 valence electrons. The van der Waals surface area contributed by atoms with Crippen LogP contribution >= 0.6 is 0 Å². The first-order valence-electron chi connectivity index (χ1n) is 9.91. The van der Waals surface area contributed by atoms with E-state index in [2.05, 4.69) is 25.7 Å². The topological polar surface area (TPSA) is 131 Å². The highest BCUT2D eigenvalue weighted by Crippen LogP contribution is 2.33. The Bertz CT molecular complexity index is 1430. The average molecular weight is 502 g/mol. The molecular formula is C22H14F4N6O4. The van der Waals surface area contributed by atoms with Gasteiger partial charge in [0.15, 0.2) is 5.69 Å². The summed E-state index contributed by atoms with van der Waals surface area (Å²) in [6, 6.07) is 7.51. The first-order valence-corrected chi connectivity index (χ1v) is 9.91. The Hall–Kier alpha value is -5.01. The number of nitrogens with zero attached hydrogens (tertiary/aromatic N) is 4. The molecule has 0 saturated carbocycles. The number of carboxylic acids is 1. The van der Waals surface area contributed by atoms with Crippen molar-refractivity contribution in [3.05, 3.63) is 84.5 Å². The Labute approximate surface area is 199 Å². The molecule has 0 unspecified atom stereocenters. The number of benzene rings is 2. The monoisotopic (exact) mass is 502 g/mol. The Kier molecular flexibility index (Phi) is 6.50. The van der Waals surface area contributed by atoms with Gasteiger partial charge in [-0.05, 0) is 36.4 Å². The number of nitrogens with one attached hydrogen (secondary N) is 2. The zero-order chi connectivity index (χ0) is 25.9. The molecule has 0 aliphatic heterocycles. The second-order valence-electron chi connectivity index (χ2n) is 7.07. The summed E-state index contributed by atoms with van der Waals surface area (Å²) in [5.41, 5.74) is -1.74. The smallest absolute Gasteiger partial charge is 0.416 e. The molecule has 14 heteroatoms. The highest BCUT2D eigenvalue weighted by molar-refractivity contribution is 6.01. The predicted octanol–water partition coefficient (Wildman–Crippen LogP) is 4.95. The number of carboxylic acid groups (broad SMARTS) is 1. The fraction of sp³-hybridized carbons (Fsp3) is 0.0455. The summed E-state index contributed by atoms with van der Waals surface area (Å²) < 4.78 is 60.7. The molecule has 36 heavy (non-hydrogen) atoms. The highest BCUT2D eigenvalue weighted by atomic mass is 19.4. The van der Waals surface area contributed by atoms with Crippen LogP contribution in [0.2, 0.25) is 0 Å². The van der Waals surface area contributed by atoms with Crippen molar-refractivity contribution in [3.8, 4) is 17.2 Å². The number of anilines is 2. The molecule has 0 aliphatic carbocycles. The SMILES string of the molecule is O=C(Nc1ccc(Oc2ccnc(C(=O)O)c2)cc1F)Nc1cc(C(F)(F)F)ccc1-n1cncn1. The van der Waals surface area contributed by atoms with Crippen molar-refractivity contribution in [2.75, 3.05) is 10.6 Å². The third kappa shape index (κ3) is 5.55. The third-order valence-corrected chi connectivity index (χ3v) is 4.61. The Balaban J connectivity index is 1.51. The quantitative estimate of drug-likeness (QED) is 0.318. The highest BCUT2D eigenvalue weighted by Gasteiger charge is 2.31. The molecule has 2 amide bonds. The van der Waals surface area contributed by atoms with Gasteiger partial charge in [0.1, 0.15) is 30.0 Å². The number of alkyl halides is 3. The van der Waals surface area contributed by atoms with E-state index < -0.39 is 29.6 Å². The number of rotatable bonds is 6. The van der Waals surface area contributed by atoms with E-state index in [1.165, 1.54) is 24.7 Å². The third-order valence-electron chi connectivity index (χ3n) is 4.61. The lowest BCUT2D eigenvalue weighted by atomic mass is 10.1. The van der Waals surface area contributed by atoms with Gasteiger partial charge in [-0.1, -0.05) is 0 Å². The zero-order valence-corrected chi connectivity index (χ0v) is 17.8. The molecule has 0 bridgehead atoms. The molecule has 2 aromatic carbocycles. The molecule has 0 atom stereocenters. The van der Waals surface area contributed by atoms with E-state index in [9.17, 15) is 27.2 Å². The van der Waals surface area contributed by atoms with Crippen molar-refractivity contribution >= 4 is 23.4 Å². The van der Waals surface area contributed by atoms with Crippen LogP contribution in [0.4, 0.5) is 33.7 Å². The normalized spacial score (nSPS) is 11.1. The number of halogens is 4. The standard InChI is InChI=1S/C22H14F4N6O4/c23-15-8-13(36-14-5-6-28-18(9-14)20(33)34)2-3-16(15)30-21(35)31-17-7-12(22(24,25)26)1-4-19(17)32-11-27-10-29-32/h1-11H,(H,33,34)(H2,30,31,35). The van der Waals surface area contributed by atoms with Crippen molar-refractivity contribution in [1.82, 2.24) is 19.7 Å². The van der Waals surface area contributed by atoms with Crippen LogP contribution in [0.3, 0.4) is 0 Å². The minimum Gasteiger partial charge on any atom is -0.477 e. The van der Waals surface area contributed by atoms with Crippen LogP contribution in [-0.4, -0.2) is 36.9 Å². The summed E-state index contributed by atoms with van der Waals surface area (Å²) in [5.74, 6) is -2.11. The molecule has 4 aromatic rings. The first kappa shape index (κ1) is 24.1. The number of carbonyl (C=O) groups is 2. The summed E-state index contributed by atoms with van der Waals surface area (Å²) in [6.07, 6.45) is -1.08.